The van der Waals surface area contributed by atoms with Crippen LogP contribution in [0.5, 0.6) is 0 Å². The van der Waals surface area contributed by atoms with Crippen LogP contribution in [-0.4, -0.2) is 20.9 Å². The maximum atomic E-state index is 12.9. The highest BCUT2D eigenvalue weighted by molar-refractivity contribution is 14.1. The third-order valence-corrected chi connectivity index (χ3v) is 6.38. The normalized spacial score (nSPS) is 15.3. The number of carbonyl (C=O) groups excluding carboxylic acids is 1. The van der Waals surface area contributed by atoms with Gasteiger partial charge in [-0.25, -0.2) is 8.42 Å². The molecule has 1 aliphatic heterocycles. The molecule has 0 saturated carbocycles. The van der Waals surface area contributed by atoms with Gasteiger partial charge in [0.25, 0.3) is 5.91 Å². The summed E-state index contributed by atoms with van der Waals surface area (Å²) in [5.41, 5.74) is 1.56. The predicted molar refractivity (Wildman–Crippen MR) is 103 cm³/mol. The smallest absolute Gasteiger partial charge is 0.269 e. The molecular formula is C18H16INO3S. The number of aryl methyl sites for hydroxylation is 1. The molecule has 0 aromatic heterocycles. The first-order valence-corrected chi connectivity index (χ1v) is 10.0. The van der Waals surface area contributed by atoms with Crippen molar-refractivity contribution in [2.24, 2.45) is 0 Å². The highest BCUT2D eigenvalue weighted by atomic mass is 127. The number of sulfone groups is 1. The van der Waals surface area contributed by atoms with Crippen molar-refractivity contribution in [2.45, 2.75) is 18.2 Å². The van der Waals surface area contributed by atoms with E-state index in [-0.39, 0.29) is 9.80 Å². The van der Waals surface area contributed by atoms with E-state index in [0.717, 1.165) is 9.13 Å². The lowest BCUT2D eigenvalue weighted by molar-refractivity contribution is -0.114. The van der Waals surface area contributed by atoms with Gasteiger partial charge in [-0.2, -0.15) is 0 Å². The Labute approximate surface area is 155 Å². The fraction of sp³-hybridized carbons (Fsp3) is 0.167. The minimum Gasteiger partial charge on any atom is -0.307 e. The van der Waals surface area contributed by atoms with Crippen LogP contribution >= 0.6 is 22.6 Å². The number of anilines is 1. The zero-order chi connectivity index (χ0) is 17.3. The Morgan fingerprint density at radius 1 is 1.08 bits per heavy atom. The molecule has 0 unspecified atom stereocenters. The summed E-state index contributed by atoms with van der Waals surface area (Å²) in [7, 11) is -3.81. The van der Waals surface area contributed by atoms with Gasteiger partial charge in [0.15, 0.2) is 0 Å². The number of hydrogen-bond acceptors (Lipinski definition) is 3. The average Bonchev–Trinajstić information content (AvgIpc) is 2.56. The van der Waals surface area contributed by atoms with Gasteiger partial charge in [-0.15, -0.1) is 0 Å². The Morgan fingerprint density at radius 2 is 1.79 bits per heavy atom. The lowest BCUT2D eigenvalue weighted by atomic mass is 10.2. The van der Waals surface area contributed by atoms with E-state index in [1.54, 1.807) is 12.1 Å². The van der Waals surface area contributed by atoms with Crippen LogP contribution in [0.15, 0.2) is 64.4 Å². The van der Waals surface area contributed by atoms with Crippen molar-refractivity contribution in [3.63, 3.8) is 0 Å². The molecule has 0 spiro atoms. The highest BCUT2D eigenvalue weighted by Crippen LogP contribution is 2.28. The Morgan fingerprint density at radius 3 is 2.46 bits per heavy atom. The van der Waals surface area contributed by atoms with E-state index in [9.17, 15) is 13.2 Å². The third kappa shape index (κ3) is 3.25. The van der Waals surface area contributed by atoms with E-state index < -0.39 is 15.7 Å². The molecular weight excluding hydrogens is 437 g/mol. The molecule has 3 rings (SSSR count). The van der Waals surface area contributed by atoms with Crippen molar-refractivity contribution in [3.8, 4) is 0 Å². The van der Waals surface area contributed by atoms with Crippen LogP contribution in [0.2, 0.25) is 0 Å². The Kier molecular flexibility index (Phi) is 4.78. The van der Waals surface area contributed by atoms with Crippen LogP contribution in [0, 0.1) is 10.5 Å². The molecule has 4 nitrogen and oxygen atoms in total. The first-order chi connectivity index (χ1) is 11.4. The van der Waals surface area contributed by atoms with Crippen LogP contribution in [0.3, 0.4) is 0 Å². The number of amides is 1. The molecule has 0 aliphatic carbocycles. The fourth-order valence-electron chi connectivity index (χ4n) is 2.65. The predicted octanol–water partition coefficient (Wildman–Crippen LogP) is 3.69. The number of halogens is 1. The van der Waals surface area contributed by atoms with Crippen molar-refractivity contribution in [1.29, 1.82) is 0 Å². The molecule has 1 amide bonds. The van der Waals surface area contributed by atoms with Crippen molar-refractivity contribution < 1.29 is 13.2 Å². The van der Waals surface area contributed by atoms with Crippen molar-refractivity contribution in [1.82, 2.24) is 0 Å². The van der Waals surface area contributed by atoms with Gasteiger partial charge in [-0.1, -0.05) is 18.2 Å². The van der Waals surface area contributed by atoms with Gasteiger partial charge < -0.3 is 4.90 Å². The maximum absolute atomic E-state index is 12.9. The third-order valence-electron chi connectivity index (χ3n) is 3.87. The largest absolute Gasteiger partial charge is 0.307 e. The minimum absolute atomic E-state index is 0.141. The monoisotopic (exact) mass is 453 g/mol. The highest BCUT2D eigenvalue weighted by Gasteiger charge is 2.33. The van der Waals surface area contributed by atoms with Crippen LogP contribution in [0.25, 0.3) is 0 Å². The van der Waals surface area contributed by atoms with Gasteiger partial charge in [0.05, 0.1) is 4.90 Å². The van der Waals surface area contributed by atoms with E-state index in [1.807, 2.05) is 37.3 Å². The summed E-state index contributed by atoms with van der Waals surface area (Å²) in [5.74, 6) is -0.469. The first kappa shape index (κ1) is 17.2. The van der Waals surface area contributed by atoms with E-state index in [0.29, 0.717) is 18.7 Å². The van der Waals surface area contributed by atoms with Crippen molar-refractivity contribution in [3.05, 3.63) is 68.6 Å². The van der Waals surface area contributed by atoms with E-state index in [4.69, 9.17) is 0 Å². The summed E-state index contributed by atoms with van der Waals surface area (Å²) in [5, 5.41) is 0. The molecule has 2 aromatic rings. The fourth-order valence-corrected chi connectivity index (χ4v) is 4.54. The second-order valence-electron chi connectivity index (χ2n) is 5.61. The SMILES string of the molecule is Cc1cccc(S(=O)(=O)C2=CCCN(c3ccc(I)cc3)C2=O)c1. The average molecular weight is 453 g/mol. The molecule has 0 saturated heterocycles. The van der Waals surface area contributed by atoms with E-state index in [1.165, 1.54) is 17.0 Å². The van der Waals surface area contributed by atoms with Gasteiger partial charge in [0, 0.05) is 15.8 Å². The summed E-state index contributed by atoms with van der Waals surface area (Å²) in [4.78, 5) is 14.3. The number of carbonyl (C=O) groups is 1. The molecule has 0 fully saturated rings. The second kappa shape index (κ2) is 6.68. The zero-order valence-corrected chi connectivity index (χ0v) is 16.0. The molecule has 6 heteroatoms. The first-order valence-electron chi connectivity index (χ1n) is 7.49. The number of hydrogen-bond donors (Lipinski definition) is 0. The lowest BCUT2D eigenvalue weighted by Crippen LogP contribution is -2.38. The standard InChI is InChI=1S/C18H16INO3S/c1-13-4-2-5-16(12-13)24(22,23)17-6-3-11-20(18(17)21)15-9-7-14(19)8-10-15/h2,4-10,12H,3,11H2,1H3. The van der Waals surface area contributed by atoms with Gasteiger partial charge in [-0.05, 0) is 77.9 Å². The Hall–Kier alpha value is -1.67. The van der Waals surface area contributed by atoms with Crippen LogP contribution in [0.4, 0.5) is 5.69 Å². The summed E-state index contributed by atoms with van der Waals surface area (Å²) in [6.45, 7) is 2.31. The number of nitrogens with zero attached hydrogens (tertiary/aromatic N) is 1. The van der Waals surface area contributed by atoms with E-state index in [2.05, 4.69) is 22.6 Å². The van der Waals surface area contributed by atoms with Crippen LogP contribution in [-0.2, 0) is 14.6 Å². The molecule has 1 aliphatic rings. The topological polar surface area (TPSA) is 54.5 Å². The molecule has 2 aromatic carbocycles. The second-order valence-corrected chi connectivity index (χ2v) is 8.77. The summed E-state index contributed by atoms with van der Waals surface area (Å²) in [6, 6.07) is 14.1. The quantitative estimate of drug-likeness (QED) is 0.667. The van der Waals surface area contributed by atoms with Crippen molar-refractivity contribution >= 4 is 44.0 Å². The van der Waals surface area contributed by atoms with Gasteiger partial charge >= 0.3 is 0 Å². The van der Waals surface area contributed by atoms with Crippen LogP contribution < -0.4 is 4.90 Å². The summed E-state index contributed by atoms with van der Waals surface area (Å²) in [6.07, 6.45) is 2.04. The zero-order valence-electron chi connectivity index (χ0n) is 13.1. The van der Waals surface area contributed by atoms with Gasteiger partial charge in [0.1, 0.15) is 4.91 Å². The van der Waals surface area contributed by atoms with Gasteiger partial charge in [-0.3, -0.25) is 4.79 Å². The molecule has 0 atom stereocenters. The Bertz CT molecular complexity index is 918. The van der Waals surface area contributed by atoms with Crippen LogP contribution in [0.1, 0.15) is 12.0 Å². The molecule has 24 heavy (non-hydrogen) atoms. The molecule has 0 bridgehead atoms. The maximum Gasteiger partial charge on any atom is 0.269 e. The minimum atomic E-state index is -3.81. The van der Waals surface area contributed by atoms with Gasteiger partial charge in [0.2, 0.25) is 9.84 Å². The number of rotatable bonds is 3. The molecule has 0 radical (unpaired) electrons. The van der Waals surface area contributed by atoms with E-state index >= 15 is 0 Å². The number of benzene rings is 2. The molecule has 124 valence electrons. The van der Waals surface area contributed by atoms with Crippen molar-refractivity contribution in [2.75, 3.05) is 11.4 Å². The lowest BCUT2D eigenvalue weighted by Gasteiger charge is -2.27. The summed E-state index contributed by atoms with van der Waals surface area (Å²) < 4.78 is 26.8. The Balaban J connectivity index is 1.98. The molecule has 0 N–H and O–H groups in total. The summed E-state index contributed by atoms with van der Waals surface area (Å²) >= 11 is 2.19. The molecule has 1 heterocycles.